The van der Waals surface area contributed by atoms with Crippen molar-refractivity contribution in [2.75, 3.05) is 30.3 Å². The maximum atomic E-state index is 6.06. The molecular formula is C18H20N2O. The fourth-order valence-corrected chi connectivity index (χ4v) is 3.42. The van der Waals surface area contributed by atoms with Crippen LogP contribution in [0.25, 0.3) is 0 Å². The van der Waals surface area contributed by atoms with Crippen molar-refractivity contribution in [2.45, 2.75) is 19.3 Å². The van der Waals surface area contributed by atoms with Gasteiger partial charge in [0.2, 0.25) is 0 Å². The molecule has 3 heteroatoms. The lowest BCUT2D eigenvalue weighted by atomic mass is 10.1. The maximum Gasteiger partial charge on any atom is 0.122 e. The first-order chi connectivity index (χ1) is 10.3. The molecule has 2 aromatic carbocycles. The molecule has 0 bridgehead atoms. The third-order valence-electron chi connectivity index (χ3n) is 4.58. The number of nitrogens with zero attached hydrogens (tertiary/aromatic N) is 1. The minimum Gasteiger partial charge on any atom is -0.493 e. The standard InChI is InChI=1S/C18H20N2O/c19-16-2-1-3-17-15(16)7-10-20(17)9-6-13-4-5-18-14(12-13)8-11-21-18/h1-5,12H,6-11,19H2. The quantitative estimate of drug-likeness (QED) is 0.879. The Bertz CT molecular complexity index is 681. The van der Waals surface area contributed by atoms with Crippen LogP contribution < -0.4 is 15.4 Å². The number of benzene rings is 2. The fraction of sp³-hybridized carbons (Fsp3) is 0.333. The molecule has 0 aliphatic carbocycles. The zero-order valence-electron chi connectivity index (χ0n) is 12.1. The molecule has 0 atom stereocenters. The highest BCUT2D eigenvalue weighted by atomic mass is 16.5. The van der Waals surface area contributed by atoms with Crippen molar-refractivity contribution < 1.29 is 4.74 Å². The summed E-state index contributed by atoms with van der Waals surface area (Å²) >= 11 is 0. The summed E-state index contributed by atoms with van der Waals surface area (Å²) < 4.78 is 5.57. The zero-order chi connectivity index (χ0) is 14.2. The van der Waals surface area contributed by atoms with Gasteiger partial charge in [-0.1, -0.05) is 18.2 Å². The summed E-state index contributed by atoms with van der Waals surface area (Å²) in [6.07, 6.45) is 3.19. The van der Waals surface area contributed by atoms with Crippen LogP contribution >= 0.6 is 0 Å². The molecule has 0 aromatic heterocycles. The van der Waals surface area contributed by atoms with Crippen molar-refractivity contribution in [3.05, 3.63) is 53.1 Å². The van der Waals surface area contributed by atoms with Gasteiger partial charge < -0.3 is 15.4 Å². The van der Waals surface area contributed by atoms with E-state index in [4.69, 9.17) is 10.5 Å². The average molecular weight is 280 g/mol. The molecule has 0 saturated heterocycles. The van der Waals surface area contributed by atoms with Crippen molar-refractivity contribution in [3.63, 3.8) is 0 Å². The van der Waals surface area contributed by atoms with Crippen LogP contribution in [0.15, 0.2) is 36.4 Å². The SMILES string of the molecule is Nc1cccc2c1CCN2CCc1ccc2c(c1)CCO2. The number of hydrogen-bond donors (Lipinski definition) is 1. The normalized spacial score (nSPS) is 15.7. The third kappa shape index (κ3) is 2.23. The summed E-state index contributed by atoms with van der Waals surface area (Å²) in [7, 11) is 0. The number of hydrogen-bond acceptors (Lipinski definition) is 3. The van der Waals surface area contributed by atoms with Crippen LogP contribution in [0.2, 0.25) is 0 Å². The smallest absolute Gasteiger partial charge is 0.122 e. The Morgan fingerprint density at radius 3 is 3.05 bits per heavy atom. The second kappa shape index (κ2) is 4.99. The Balaban J connectivity index is 1.48. The van der Waals surface area contributed by atoms with Crippen LogP contribution in [0.3, 0.4) is 0 Å². The minimum absolute atomic E-state index is 0.831. The topological polar surface area (TPSA) is 38.5 Å². The molecule has 0 radical (unpaired) electrons. The molecule has 2 aromatic rings. The molecule has 0 unspecified atom stereocenters. The molecule has 0 fully saturated rings. The Morgan fingerprint density at radius 1 is 1.14 bits per heavy atom. The summed E-state index contributed by atoms with van der Waals surface area (Å²) in [4.78, 5) is 2.45. The van der Waals surface area contributed by atoms with Crippen LogP contribution in [0, 0.1) is 0 Å². The number of rotatable bonds is 3. The summed E-state index contributed by atoms with van der Waals surface area (Å²) in [5.74, 6) is 1.07. The van der Waals surface area contributed by atoms with E-state index in [9.17, 15) is 0 Å². The molecule has 108 valence electrons. The Labute approximate surface area is 125 Å². The molecule has 2 heterocycles. The first-order valence-corrected chi connectivity index (χ1v) is 7.68. The van der Waals surface area contributed by atoms with Gasteiger partial charge >= 0.3 is 0 Å². The highest BCUT2D eigenvalue weighted by molar-refractivity contribution is 5.68. The molecule has 2 aliphatic heterocycles. The second-order valence-corrected chi connectivity index (χ2v) is 5.87. The summed E-state index contributed by atoms with van der Waals surface area (Å²) in [6, 6.07) is 12.9. The van der Waals surface area contributed by atoms with E-state index in [1.165, 1.54) is 22.4 Å². The van der Waals surface area contributed by atoms with E-state index < -0.39 is 0 Å². The van der Waals surface area contributed by atoms with Crippen LogP contribution in [-0.4, -0.2) is 19.7 Å². The molecule has 0 amide bonds. The molecule has 0 spiro atoms. The van der Waals surface area contributed by atoms with Crippen LogP contribution in [-0.2, 0) is 19.3 Å². The summed E-state index contributed by atoms with van der Waals surface area (Å²) in [5.41, 5.74) is 12.4. The van der Waals surface area contributed by atoms with Crippen molar-refractivity contribution in [2.24, 2.45) is 0 Å². The van der Waals surface area contributed by atoms with E-state index in [0.29, 0.717) is 0 Å². The Hall–Kier alpha value is -2.16. The second-order valence-electron chi connectivity index (χ2n) is 5.87. The summed E-state index contributed by atoms with van der Waals surface area (Å²) in [6.45, 7) is 2.96. The monoisotopic (exact) mass is 280 g/mol. The van der Waals surface area contributed by atoms with Gasteiger partial charge in [-0.3, -0.25) is 0 Å². The van der Waals surface area contributed by atoms with Gasteiger partial charge in [0, 0.05) is 36.4 Å². The van der Waals surface area contributed by atoms with Crippen molar-refractivity contribution in [1.82, 2.24) is 0 Å². The Morgan fingerprint density at radius 2 is 2.10 bits per heavy atom. The molecule has 2 N–H and O–H groups in total. The molecular weight excluding hydrogens is 260 g/mol. The summed E-state index contributed by atoms with van der Waals surface area (Å²) in [5, 5.41) is 0. The van der Waals surface area contributed by atoms with Gasteiger partial charge in [0.25, 0.3) is 0 Å². The fourth-order valence-electron chi connectivity index (χ4n) is 3.42. The van der Waals surface area contributed by atoms with E-state index in [0.717, 1.165) is 50.4 Å². The van der Waals surface area contributed by atoms with Crippen LogP contribution in [0.5, 0.6) is 5.75 Å². The van der Waals surface area contributed by atoms with Gasteiger partial charge in [-0.05, 0) is 42.2 Å². The van der Waals surface area contributed by atoms with Gasteiger partial charge in [-0.15, -0.1) is 0 Å². The van der Waals surface area contributed by atoms with E-state index in [2.05, 4.69) is 35.2 Å². The first-order valence-electron chi connectivity index (χ1n) is 7.68. The van der Waals surface area contributed by atoms with Gasteiger partial charge in [-0.25, -0.2) is 0 Å². The van der Waals surface area contributed by atoms with Crippen LogP contribution in [0.4, 0.5) is 11.4 Å². The van der Waals surface area contributed by atoms with E-state index in [-0.39, 0.29) is 0 Å². The number of fused-ring (bicyclic) bond motifs is 2. The number of ether oxygens (including phenoxy) is 1. The van der Waals surface area contributed by atoms with Gasteiger partial charge in [0.05, 0.1) is 6.61 Å². The number of anilines is 2. The molecule has 3 nitrogen and oxygen atoms in total. The predicted molar refractivity (Wildman–Crippen MR) is 86.1 cm³/mol. The minimum atomic E-state index is 0.831. The van der Waals surface area contributed by atoms with Gasteiger partial charge in [-0.2, -0.15) is 0 Å². The highest BCUT2D eigenvalue weighted by Gasteiger charge is 2.20. The lowest BCUT2D eigenvalue weighted by Gasteiger charge is -2.19. The lowest BCUT2D eigenvalue weighted by Crippen LogP contribution is -2.23. The van der Waals surface area contributed by atoms with Crippen molar-refractivity contribution in [3.8, 4) is 5.75 Å². The highest BCUT2D eigenvalue weighted by Crippen LogP contribution is 2.32. The number of nitrogen functional groups attached to an aromatic ring is 1. The maximum absolute atomic E-state index is 6.06. The zero-order valence-corrected chi connectivity index (χ0v) is 12.1. The van der Waals surface area contributed by atoms with E-state index >= 15 is 0 Å². The molecule has 2 aliphatic rings. The van der Waals surface area contributed by atoms with Crippen LogP contribution in [0.1, 0.15) is 16.7 Å². The molecule has 0 saturated carbocycles. The Kier molecular flexibility index (Phi) is 2.99. The van der Waals surface area contributed by atoms with Gasteiger partial charge in [0.1, 0.15) is 5.75 Å². The predicted octanol–water partition coefficient (Wildman–Crippen LogP) is 2.81. The van der Waals surface area contributed by atoms with E-state index in [1.54, 1.807) is 0 Å². The van der Waals surface area contributed by atoms with Gasteiger partial charge in [0.15, 0.2) is 0 Å². The number of nitrogens with two attached hydrogens (primary N) is 1. The molecule has 4 rings (SSSR count). The first kappa shape index (κ1) is 12.6. The largest absolute Gasteiger partial charge is 0.493 e. The van der Waals surface area contributed by atoms with Crippen molar-refractivity contribution >= 4 is 11.4 Å². The average Bonchev–Trinajstić information content (AvgIpc) is 3.12. The van der Waals surface area contributed by atoms with Crippen molar-refractivity contribution in [1.29, 1.82) is 0 Å². The third-order valence-corrected chi connectivity index (χ3v) is 4.58. The van der Waals surface area contributed by atoms with E-state index in [1.807, 2.05) is 6.07 Å². The lowest BCUT2D eigenvalue weighted by molar-refractivity contribution is 0.357. The molecule has 21 heavy (non-hydrogen) atoms.